The molecule has 2 fully saturated rings. The van der Waals surface area contributed by atoms with Crippen LogP contribution in [0.1, 0.15) is 12.8 Å². The maximum Gasteiger partial charge on any atom is 0.355 e. The van der Waals surface area contributed by atoms with Crippen LogP contribution in [0.3, 0.4) is 0 Å². The second-order valence-corrected chi connectivity index (χ2v) is 6.53. The van der Waals surface area contributed by atoms with Crippen molar-refractivity contribution in [2.45, 2.75) is 25.0 Å². The minimum Gasteiger partial charge on any atom is -0.497 e. The first-order valence-electron chi connectivity index (χ1n) is 8.74. The molecule has 0 radical (unpaired) electrons. The Balaban J connectivity index is 1.50. The quantitative estimate of drug-likeness (QED) is 0.582. The van der Waals surface area contributed by atoms with Gasteiger partial charge in [-0.15, -0.1) is 0 Å². The summed E-state index contributed by atoms with van der Waals surface area (Å²) in [6, 6.07) is 5.70. The highest BCUT2D eigenvalue weighted by Gasteiger charge is 2.55. The summed E-state index contributed by atoms with van der Waals surface area (Å²) in [6.07, 6.45) is 1.62. The zero-order valence-electron chi connectivity index (χ0n) is 14.7. The van der Waals surface area contributed by atoms with E-state index in [0.29, 0.717) is 18.0 Å². The number of nitrogens with zero attached hydrogens (tertiary/aromatic N) is 2. The standard InChI is InChI=1S/C18H19N3O6/c1-25-11-5-2-4-10(8-11)21-16(22)13-14(17(21)23)19-20-15(13)18(24)27-9-12-6-3-7-26-12/h2,4-5,8,12-14,19H,3,6-7,9H2,1H3/t12-,13+,14+/m1/s1. The van der Waals surface area contributed by atoms with Crippen molar-refractivity contribution in [3.8, 4) is 5.75 Å². The summed E-state index contributed by atoms with van der Waals surface area (Å²) in [5.41, 5.74) is 2.90. The molecule has 27 heavy (non-hydrogen) atoms. The number of hydrogen-bond donors (Lipinski definition) is 1. The molecular weight excluding hydrogens is 354 g/mol. The molecule has 0 spiro atoms. The Bertz CT molecular complexity index is 817. The van der Waals surface area contributed by atoms with E-state index in [1.165, 1.54) is 7.11 Å². The van der Waals surface area contributed by atoms with E-state index in [-0.39, 0.29) is 18.4 Å². The third-order valence-corrected chi connectivity index (χ3v) is 4.87. The molecule has 1 N–H and O–H groups in total. The third kappa shape index (κ3) is 3.03. The number of hydrazone groups is 1. The highest BCUT2D eigenvalue weighted by molar-refractivity contribution is 6.46. The number of carbonyl (C=O) groups is 3. The molecular formula is C18H19N3O6. The number of hydrogen-bond acceptors (Lipinski definition) is 8. The van der Waals surface area contributed by atoms with Crippen molar-refractivity contribution < 1.29 is 28.6 Å². The lowest BCUT2D eigenvalue weighted by Crippen LogP contribution is -2.36. The summed E-state index contributed by atoms with van der Waals surface area (Å²) in [5, 5.41) is 3.89. The van der Waals surface area contributed by atoms with Gasteiger partial charge < -0.3 is 14.2 Å². The third-order valence-electron chi connectivity index (χ3n) is 4.87. The molecule has 9 heteroatoms. The highest BCUT2D eigenvalue weighted by atomic mass is 16.6. The first kappa shape index (κ1) is 17.5. The lowest BCUT2D eigenvalue weighted by molar-refractivity contribution is -0.139. The van der Waals surface area contributed by atoms with Gasteiger partial charge in [-0.3, -0.25) is 15.0 Å². The predicted molar refractivity (Wildman–Crippen MR) is 93.3 cm³/mol. The summed E-state index contributed by atoms with van der Waals surface area (Å²) in [4.78, 5) is 39.0. The number of imide groups is 1. The molecule has 0 unspecified atom stereocenters. The fraction of sp³-hybridized carbons (Fsp3) is 0.444. The van der Waals surface area contributed by atoms with Crippen molar-refractivity contribution in [1.82, 2.24) is 5.43 Å². The van der Waals surface area contributed by atoms with E-state index < -0.39 is 29.7 Å². The molecule has 0 saturated carbocycles. The van der Waals surface area contributed by atoms with Crippen LogP contribution in [0.2, 0.25) is 0 Å². The number of nitrogens with one attached hydrogen (secondary N) is 1. The number of carbonyl (C=O) groups excluding carboxylic acids is 3. The van der Waals surface area contributed by atoms with E-state index >= 15 is 0 Å². The molecule has 4 rings (SSSR count). The molecule has 1 aromatic carbocycles. The lowest BCUT2D eigenvalue weighted by atomic mass is 9.99. The predicted octanol–water partition coefficient (Wildman–Crippen LogP) is 0.235. The summed E-state index contributed by atoms with van der Waals surface area (Å²) >= 11 is 0. The Morgan fingerprint density at radius 3 is 2.96 bits per heavy atom. The Morgan fingerprint density at radius 2 is 2.22 bits per heavy atom. The average Bonchev–Trinajstić information content (AvgIpc) is 3.39. The molecule has 0 aliphatic carbocycles. The van der Waals surface area contributed by atoms with Crippen LogP contribution in [0.5, 0.6) is 5.75 Å². The second kappa shape index (κ2) is 6.99. The molecule has 0 aromatic heterocycles. The van der Waals surface area contributed by atoms with Crippen molar-refractivity contribution in [1.29, 1.82) is 0 Å². The van der Waals surface area contributed by atoms with Gasteiger partial charge in [-0.05, 0) is 25.0 Å². The Morgan fingerprint density at radius 1 is 1.37 bits per heavy atom. The zero-order chi connectivity index (χ0) is 19.0. The van der Waals surface area contributed by atoms with Gasteiger partial charge in [0.1, 0.15) is 24.3 Å². The number of benzene rings is 1. The van der Waals surface area contributed by atoms with Crippen molar-refractivity contribution in [2.75, 3.05) is 25.2 Å². The average molecular weight is 373 g/mol. The van der Waals surface area contributed by atoms with Crippen LogP contribution < -0.4 is 15.1 Å². The molecule has 3 heterocycles. The molecule has 9 nitrogen and oxygen atoms in total. The minimum atomic E-state index is -0.999. The zero-order valence-corrected chi connectivity index (χ0v) is 14.7. The van der Waals surface area contributed by atoms with Gasteiger partial charge in [-0.25, -0.2) is 9.69 Å². The van der Waals surface area contributed by atoms with E-state index in [1.807, 2.05) is 0 Å². The highest BCUT2D eigenvalue weighted by Crippen LogP contribution is 2.32. The topological polar surface area (TPSA) is 107 Å². The van der Waals surface area contributed by atoms with Gasteiger partial charge in [0.15, 0.2) is 5.71 Å². The number of amides is 2. The molecule has 3 aliphatic rings. The van der Waals surface area contributed by atoms with Crippen molar-refractivity contribution in [3.63, 3.8) is 0 Å². The SMILES string of the molecule is COc1cccc(N2C(=O)[C@@H]3C(C(=O)OC[C@H]4CCCO4)=NN[C@@H]3C2=O)c1. The summed E-state index contributed by atoms with van der Waals surface area (Å²) in [5.74, 6) is -2.18. The summed E-state index contributed by atoms with van der Waals surface area (Å²) < 4.78 is 15.8. The van der Waals surface area contributed by atoms with E-state index in [0.717, 1.165) is 17.7 Å². The summed E-state index contributed by atoms with van der Waals surface area (Å²) in [7, 11) is 1.50. The van der Waals surface area contributed by atoms with Gasteiger partial charge in [-0.2, -0.15) is 5.10 Å². The second-order valence-electron chi connectivity index (χ2n) is 6.53. The smallest absolute Gasteiger partial charge is 0.355 e. The van der Waals surface area contributed by atoms with Gasteiger partial charge in [0.05, 0.1) is 18.9 Å². The van der Waals surface area contributed by atoms with E-state index in [4.69, 9.17) is 14.2 Å². The Labute approximate surface area is 155 Å². The fourth-order valence-corrected chi connectivity index (χ4v) is 3.48. The first-order chi connectivity index (χ1) is 13.1. The van der Waals surface area contributed by atoms with Crippen molar-refractivity contribution in [3.05, 3.63) is 24.3 Å². The van der Waals surface area contributed by atoms with Crippen LogP contribution in [-0.2, 0) is 23.9 Å². The number of anilines is 1. The summed E-state index contributed by atoms with van der Waals surface area (Å²) in [6.45, 7) is 0.759. The maximum atomic E-state index is 12.9. The van der Waals surface area contributed by atoms with Gasteiger partial charge in [-0.1, -0.05) is 6.07 Å². The normalized spacial score (nSPS) is 26.6. The van der Waals surface area contributed by atoms with Crippen LogP contribution in [0.15, 0.2) is 29.4 Å². The molecule has 2 saturated heterocycles. The van der Waals surface area contributed by atoms with Crippen LogP contribution in [0.25, 0.3) is 0 Å². The van der Waals surface area contributed by atoms with Crippen molar-refractivity contribution >= 4 is 29.2 Å². The number of ether oxygens (including phenoxy) is 3. The Kier molecular flexibility index (Phi) is 4.53. The molecule has 3 atom stereocenters. The van der Waals surface area contributed by atoms with Gasteiger partial charge in [0.2, 0.25) is 5.91 Å². The molecule has 2 amide bonds. The fourth-order valence-electron chi connectivity index (χ4n) is 3.48. The first-order valence-corrected chi connectivity index (χ1v) is 8.74. The molecule has 3 aliphatic heterocycles. The van der Waals surface area contributed by atoms with E-state index in [2.05, 4.69) is 10.5 Å². The number of esters is 1. The number of fused-ring (bicyclic) bond motifs is 1. The number of rotatable bonds is 5. The minimum absolute atomic E-state index is 0.0817. The molecule has 142 valence electrons. The van der Waals surface area contributed by atoms with Crippen LogP contribution in [0, 0.1) is 5.92 Å². The van der Waals surface area contributed by atoms with E-state index in [1.54, 1.807) is 24.3 Å². The van der Waals surface area contributed by atoms with Crippen LogP contribution in [0.4, 0.5) is 5.69 Å². The lowest BCUT2D eigenvalue weighted by Gasteiger charge is -2.16. The maximum absolute atomic E-state index is 12.9. The van der Waals surface area contributed by atoms with E-state index in [9.17, 15) is 14.4 Å². The van der Waals surface area contributed by atoms with Gasteiger partial charge >= 0.3 is 5.97 Å². The molecule has 0 bridgehead atoms. The van der Waals surface area contributed by atoms with Crippen LogP contribution in [-0.4, -0.2) is 56.0 Å². The largest absolute Gasteiger partial charge is 0.497 e. The monoisotopic (exact) mass is 373 g/mol. The van der Waals surface area contributed by atoms with Gasteiger partial charge in [0, 0.05) is 12.7 Å². The van der Waals surface area contributed by atoms with Crippen molar-refractivity contribution in [2.24, 2.45) is 11.0 Å². The van der Waals surface area contributed by atoms with Gasteiger partial charge in [0.25, 0.3) is 5.91 Å². The number of methoxy groups -OCH3 is 1. The Hall–Kier alpha value is -2.94. The molecule has 1 aromatic rings. The van der Waals surface area contributed by atoms with Crippen LogP contribution >= 0.6 is 0 Å².